The molecule has 0 saturated carbocycles. The van der Waals surface area contributed by atoms with Crippen molar-refractivity contribution < 1.29 is 13.2 Å². The van der Waals surface area contributed by atoms with E-state index in [0.717, 1.165) is 50.1 Å². The van der Waals surface area contributed by atoms with Crippen molar-refractivity contribution in [2.75, 3.05) is 50.8 Å². The second-order valence-corrected chi connectivity index (χ2v) is 9.98. The molecule has 0 spiro atoms. The third-order valence-electron chi connectivity index (χ3n) is 5.60. The highest BCUT2D eigenvalue weighted by Crippen LogP contribution is 2.19. The van der Waals surface area contributed by atoms with Gasteiger partial charge in [-0.1, -0.05) is 19.1 Å². The van der Waals surface area contributed by atoms with E-state index in [2.05, 4.69) is 17.1 Å². The summed E-state index contributed by atoms with van der Waals surface area (Å²) >= 11 is 0. The molecule has 2 saturated heterocycles. The highest BCUT2D eigenvalue weighted by Gasteiger charge is 2.24. The highest BCUT2D eigenvalue weighted by molar-refractivity contribution is 7.91. The van der Waals surface area contributed by atoms with Crippen LogP contribution in [0.15, 0.2) is 24.3 Å². The van der Waals surface area contributed by atoms with Crippen LogP contribution in [0.3, 0.4) is 0 Å². The number of rotatable bonds is 6. The molecule has 1 amide bonds. The van der Waals surface area contributed by atoms with Gasteiger partial charge >= 0.3 is 0 Å². The molecular formula is C20H33Cl2N3O3S. The second kappa shape index (κ2) is 12.1. The number of hydrogen-bond acceptors (Lipinski definition) is 5. The maximum Gasteiger partial charge on any atom is 0.253 e. The maximum absolute atomic E-state index is 12.9. The lowest BCUT2D eigenvalue weighted by atomic mass is 9.96. The zero-order valence-corrected chi connectivity index (χ0v) is 19.5. The fourth-order valence-corrected chi connectivity index (χ4v) is 5.12. The van der Waals surface area contributed by atoms with Crippen LogP contribution in [0.5, 0.6) is 0 Å². The number of piperidine rings is 1. The van der Waals surface area contributed by atoms with Gasteiger partial charge in [0.2, 0.25) is 0 Å². The minimum atomic E-state index is -2.86. The van der Waals surface area contributed by atoms with Crippen LogP contribution in [0.2, 0.25) is 0 Å². The summed E-state index contributed by atoms with van der Waals surface area (Å²) in [4.78, 5) is 17.0. The van der Waals surface area contributed by atoms with Crippen molar-refractivity contribution in [1.82, 2.24) is 15.1 Å². The lowest BCUT2D eigenvalue weighted by molar-refractivity contribution is 0.0690. The Morgan fingerprint density at radius 1 is 1.10 bits per heavy atom. The van der Waals surface area contributed by atoms with E-state index in [9.17, 15) is 13.2 Å². The molecule has 0 atom stereocenters. The molecule has 9 heteroatoms. The average molecular weight is 466 g/mol. The molecule has 1 aromatic rings. The Bertz CT molecular complexity index is 739. The van der Waals surface area contributed by atoms with Gasteiger partial charge in [-0.2, -0.15) is 0 Å². The Hall–Kier alpha value is -0.860. The van der Waals surface area contributed by atoms with Crippen molar-refractivity contribution in [3.05, 3.63) is 35.4 Å². The van der Waals surface area contributed by atoms with Crippen LogP contribution < -0.4 is 5.32 Å². The Morgan fingerprint density at radius 2 is 1.76 bits per heavy atom. The van der Waals surface area contributed by atoms with E-state index >= 15 is 0 Å². The molecule has 166 valence electrons. The summed E-state index contributed by atoms with van der Waals surface area (Å²) in [6.45, 7) is 7.64. The summed E-state index contributed by atoms with van der Waals surface area (Å²) in [5.41, 5.74) is 1.81. The summed E-state index contributed by atoms with van der Waals surface area (Å²) in [7, 11) is -2.86. The highest BCUT2D eigenvalue weighted by atomic mass is 35.5. The molecule has 1 aromatic carbocycles. The number of amides is 1. The number of nitrogens with zero attached hydrogens (tertiary/aromatic N) is 2. The summed E-state index contributed by atoms with van der Waals surface area (Å²) in [6.07, 6.45) is 2.11. The van der Waals surface area contributed by atoms with E-state index in [4.69, 9.17) is 0 Å². The van der Waals surface area contributed by atoms with Gasteiger partial charge in [0, 0.05) is 38.3 Å². The average Bonchev–Trinajstić information content (AvgIpc) is 2.68. The van der Waals surface area contributed by atoms with E-state index in [1.54, 1.807) is 0 Å². The van der Waals surface area contributed by atoms with E-state index in [-0.39, 0.29) is 42.2 Å². The van der Waals surface area contributed by atoms with Crippen LogP contribution >= 0.6 is 24.8 Å². The molecule has 2 fully saturated rings. The number of nitrogens with one attached hydrogen (secondary N) is 1. The van der Waals surface area contributed by atoms with Gasteiger partial charge < -0.3 is 10.2 Å². The molecule has 2 heterocycles. The Morgan fingerprint density at radius 3 is 2.38 bits per heavy atom. The van der Waals surface area contributed by atoms with Gasteiger partial charge in [0.15, 0.2) is 9.84 Å². The first-order valence-corrected chi connectivity index (χ1v) is 11.8. The number of carbonyl (C=O) groups is 1. The summed E-state index contributed by atoms with van der Waals surface area (Å²) in [5, 5.41) is 3.40. The van der Waals surface area contributed by atoms with E-state index in [1.165, 1.54) is 0 Å². The minimum Gasteiger partial charge on any atom is -0.339 e. The molecule has 0 aliphatic carbocycles. The standard InChI is InChI=1S/C20H31N3O3S.2ClH/c1-2-21-15-17-6-8-23(9-7-17)20(24)19-5-3-4-18(14-19)16-22-10-12-27(25,26)13-11-22;;/h3-5,14,17,21H,2,6-13,15-16H2,1H3;2*1H. The smallest absolute Gasteiger partial charge is 0.253 e. The summed E-state index contributed by atoms with van der Waals surface area (Å²) in [5.74, 6) is 1.23. The lowest BCUT2D eigenvalue weighted by Gasteiger charge is -2.32. The number of hydrogen-bond donors (Lipinski definition) is 1. The predicted molar refractivity (Wildman–Crippen MR) is 122 cm³/mol. The zero-order valence-electron chi connectivity index (χ0n) is 17.0. The van der Waals surface area contributed by atoms with Crippen LogP contribution in [0, 0.1) is 5.92 Å². The number of benzene rings is 1. The van der Waals surface area contributed by atoms with Gasteiger partial charge in [0.1, 0.15) is 0 Å². The van der Waals surface area contributed by atoms with E-state index in [1.807, 2.05) is 29.2 Å². The largest absolute Gasteiger partial charge is 0.339 e. The minimum absolute atomic E-state index is 0. The van der Waals surface area contributed by atoms with E-state index < -0.39 is 9.84 Å². The molecule has 0 aromatic heterocycles. The molecule has 2 aliphatic heterocycles. The quantitative estimate of drug-likeness (QED) is 0.697. The summed E-state index contributed by atoms with van der Waals surface area (Å²) in [6, 6.07) is 7.80. The fourth-order valence-electron chi connectivity index (χ4n) is 3.84. The number of halogens is 2. The monoisotopic (exact) mass is 465 g/mol. The SMILES string of the molecule is CCNCC1CCN(C(=O)c2cccc(CN3CCS(=O)(=O)CC3)c2)CC1.Cl.Cl. The summed E-state index contributed by atoms with van der Waals surface area (Å²) < 4.78 is 23.1. The Labute approximate surface area is 187 Å². The van der Waals surface area contributed by atoms with Crippen molar-refractivity contribution in [2.24, 2.45) is 5.92 Å². The van der Waals surface area contributed by atoms with Gasteiger partial charge in [0.05, 0.1) is 11.5 Å². The molecule has 0 radical (unpaired) electrons. The topological polar surface area (TPSA) is 69.7 Å². The molecule has 6 nitrogen and oxygen atoms in total. The third kappa shape index (κ3) is 7.72. The molecular weight excluding hydrogens is 433 g/mol. The van der Waals surface area contributed by atoms with Crippen LogP contribution in [0.25, 0.3) is 0 Å². The number of sulfone groups is 1. The Kier molecular flexibility index (Phi) is 10.9. The second-order valence-electron chi connectivity index (χ2n) is 7.67. The first-order chi connectivity index (χ1) is 13.0. The molecule has 2 aliphatic rings. The van der Waals surface area contributed by atoms with Gasteiger partial charge in [-0.25, -0.2) is 8.42 Å². The Balaban J connectivity index is 0.00000210. The first-order valence-electron chi connectivity index (χ1n) is 9.98. The van der Waals surface area contributed by atoms with Crippen molar-refractivity contribution >= 4 is 40.6 Å². The normalized spacial score (nSPS) is 19.8. The van der Waals surface area contributed by atoms with Gasteiger partial charge in [-0.3, -0.25) is 9.69 Å². The first kappa shape index (κ1) is 26.2. The van der Waals surface area contributed by atoms with Gasteiger partial charge in [-0.15, -0.1) is 24.8 Å². The van der Waals surface area contributed by atoms with Crippen LogP contribution in [-0.2, 0) is 16.4 Å². The van der Waals surface area contributed by atoms with Crippen LogP contribution in [-0.4, -0.2) is 74.9 Å². The van der Waals surface area contributed by atoms with Gasteiger partial charge in [0.25, 0.3) is 5.91 Å². The van der Waals surface area contributed by atoms with Crippen molar-refractivity contribution in [3.63, 3.8) is 0 Å². The lowest BCUT2D eigenvalue weighted by Crippen LogP contribution is -2.41. The van der Waals surface area contributed by atoms with Crippen LogP contribution in [0.1, 0.15) is 35.7 Å². The predicted octanol–water partition coefficient (Wildman–Crippen LogP) is 2.22. The van der Waals surface area contributed by atoms with Crippen LogP contribution in [0.4, 0.5) is 0 Å². The molecule has 3 rings (SSSR count). The van der Waals surface area contributed by atoms with Gasteiger partial charge in [-0.05, 0) is 49.5 Å². The van der Waals surface area contributed by atoms with Crippen molar-refractivity contribution in [1.29, 1.82) is 0 Å². The molecule has 29 heavy (non-hydrogen) atoms. The van der Waals surface area contributed by atoms with Crippen molar-refractivity contribution in [3.8, 4) is 0 Å². The fraction of sp³-hybridized carbons (Fsp3) is 0.650. The number of likely N-dealkylation sites (tertiary alicyclic amines) is 1. The van der Waals surface area contributed by atoms with Crippen molar-refractivity contribution in [2.45, 2.75) is 26.3 Å². The molecule has 0 unspecified atom stereocenters. The number of carbonyl (C=O) groups excluding carboxylic acids is 1. The molecule has 0 bridgehead atoms. The molecule has 1 N–H and O–H groups in total. The maximum atomic E-state index is 12.9. The zero-order chi connectivity index (χ0) is 19.3. The third-order valence-corrected chi connectivity index (χ3v) is 7.21. The van der Waals surface area contributed by atoms with E-state index in [0.29, 0.717) is 25.6 Å².